The summed E-state index contributed by atoms with van der Waals surface area (Å²) in [5.41, 5.74) is 3.05. The Labute approximate surface area is 123 Å². The summed E-state index contributed by atoms with van der Waals surface area (Å²) in [5, 5.41) is 6.29. The van der Waals surface area contributed by atoms with E-state index in [9.17, 15) is 0 Å². The van der Waals surface area contributed by atoms with Crippen molar-refractivity contribution in [1.82, 2.24) is 0 Å². The fraction of sp³-hybridized carbons (Fsp3) is 0.474. The molecule has 0 aliphatic heterocycles. The Bertz CT molecular complexity index is 576. The molecular formula is C19H27N. The number of anilines is 1. The van der Waals surface area contributed by atoms with E-state index >= 15 is 0 Å². The standard InChI is InChI=1S/C19H27N/c1-14(2)16-12-15-8-6-7-9-17(15)18(13-16)20-11-10-19(3,4)5/h6-9,12-14,20H,10-11H2,1-5H3. The number of hydrogen-bond donors (Lipinski definition) is 1. The molecule has 108 valence electrons. The molecule has 1 N–H and O–H groups in total. The molecule has 2 aromatic rings. The molecular weight excluding hydrogens is 242 g/mol. The van der Waals surface area contributed by atoms with E-state index in [1.54, 1.807) is 0 Å². The molecule has 20 heavy (non-hydrogen) atoms. The summed E-state index contributed by atoms with van der Waals surface area (Å²) < 4.78 is 0. The molecule has 0 aliphatic carbocycles. The Morgan fingerprint density at radius 1 is 1.05 bits per heavy atom. The lowest BCUT2D eigenvalue weighted by Crippen LogP contribution is -2.13. The number of benzene rings is 2. The van der Waals surface area contributed by atoms with Crippen LogP contribution in [0.15, 0.2) is 36.4 Å². The van der Waals surface area contributed by atoms with Gasteiger partial charge in [-0.1, -0.05) is 65.0 Å². The quantitative estimate of drug-likeness (QED) is 0.738. The van der Waals surface area contributed by atoms with Crippen LogP contribution in [0.5, 0.6) is 0 Å². The molecule has 2 rings (SSSR count). The monoisotopic (exact) mass is 269 g/mol. The number of fused-ring (bicyclic) bond motifs is 1. The second kappa shape index (κ2) is 5.87. The molecule has 0 radical (unpaired) electrons. The third kappa shape index (κ3) is 3.75. The maximum Gasteiger partial charge on any atom is 0.0422 e. The molecule has 0 fully saturated rings. The van der Waals surface area contributed by atoms with Gasteiger partial charge in [-0.2, -0.15) is 0 Å². The fourth-order valence-electron chi connectivity index (χ4n) is 2.39. The zero-order valence-electron chi connectivity index (χ0n) is 13.5. The normalized spacial score (nSPS) is 12.1. The lowest BCUT2D eigenvalue weighted by molar-refractivity contribution is 0.390. The van der Waals surface area contributed by atoms with Gasteiger partial charge in [0.15, 0.2) is 0 Å². The van der Waals surface area contributed by atoms with Gasteiger partial charge in [-0.05, 0) is 34.8 Å². The average molecular weight is 269 g/mol. The molecule has 0 aliphatic rings. The molecule has 1 nitrogen and oxygen atoms in total. The Hall–Kier alpha value is -1.50. The van der Waals surface area contributed by atoms with Crippen LogP contribution in [-0.4, -0.2) is 6.54 Å². The van der Waals surface area contributed by atoms with Crippen molar-refractivity contribution in [2.24, 2.45) is 5.41 Å². The minimum Gasteiger partial charge on any atom is -0.385 e. The van der Waals surface area contributed by atoms with E-state index in [1.165, 1.54) is 28.4 Å². The van der Waals surface area contributed by atoms with Gasteiger partial charge in [0.2, 0.25) is 0 Å². The van der Waals surface area contributed by atoms with Crippen LogP contribution in [0.25, 0.3) is 10.8 Å². The van der Waals surface area contributed by atoms with Gasteiger partial charge in [-0.15, -0.1) is 0 Å². The van der Waals surface area contributed by atoms with Gasteiger partial charge in [0.1, 0.15) is 0 Å². The van der Waals surface area contributed by atoms with Crippen molar-refractivity contribution in [2.75, 3.05) is 11.9 Å². The Kier molecular flexibility index (Phi) is 4.37. The molecule has 0 bridgehead atoms. The van der Waals surface area contributed by atoms with Gasteiger partial charge < -0.3 is 5.32 Å². The minimum atomic E-state index is 0.373. The van der Waals surface area contributed by atoms with Gasteiger partial charge in [-0.25, -0.2) is 0 Å². The Morgan fingerprint density at radius 2 is 1.75 bits per heavy atom. The topological polar surface area (TPSA) is 12.0 Å². The SMILES string of the molecule is CC(C)c1cc(NCCC(C)(C)C)c2ccccc2c1. The maximum absolute atomic E-state index is 3.64. The van der Waals surface area contributed by atoms with Crippen LogP contribution in [0.2, 0.25) is 0 Å². The van der Waals surface area contributed by atoms with Gasteiger partial charge in [0, 0.05) is 17.6 Å². The summed E-state index contributed by atoms with van der Waals surface area (Å²) in [6.45, 7) is 12.4. The van der Waals surface area contributed by atoms with Crippen LogP contribution >= 0.6 is 0 Å². The van der Waals surface area contributed by atoms with Crippen LogP contribution in [0.4, 0.5) is 5.69 Å². The van der Waals surface area contributed by atoms with Crippen molar-refractivity contribution in [1.29, 1.82) is 0 Å². The molecule has 1 heteroatoms. The van der Waals surface area contributed by atoms with E-state index in [-0.39, 0.29) is 0 Å². The van der Waals surface area contributed by atoms with Crippen LogP contribution < -0.4 is 5.32 Å². The van der Waals surface area contributed by atoms with Crippen LogP contribution in [-0.2, 0) is 0 Å². The molecule has 0 heterocycles. The first kappa shape index (κ1) is 14.9. The lowest BCUT2D eigenvalue weighted by Gasteiger charge is -2.20. The first-order chi connectivity index (χ1) is 9.37. The smallest absolute Gasteiger partial charge is 0.0422 e. The largest absolute Gasteiger partial charge is 0.385 e. The van der Waals surface area contributed by atoms with Crippen molar-refractivity contribution in [3.05, 3.63) is 42.0 Å². The maximum atomic E-state index is 3.64. The highest BCUT2D eigenvalue weighted by Crippen LogP contribution is 2.29. The molecule has 0 aromatic heterocycles. The highest BCUT2D eigenvalue weighted by atomic mass is 14.9. The predicted molar refractivity (Wildman–Crippen MR) is 90.6 cm³/mol. The summed E-state index contributed by atoms with van der Waals surface area (Å²) >= 11 is 0. The molecule has 0 saturated heterocycles. The molecule has 0 spiro atoms. The number of rotatable bonds is 4. The van der Waals surface area contributed by atoms with Crippen molar-refractivity contribution < 1.29 is 0 Å². The Morgan fingerprint density at radius 3 is 2.40 bits per heavy atom. The van der Waals surface area contributed by atoms with E-state index in [1.807, 2.05) is 0 Å². The van der Waals surface area contributed by atoms with Gasteiger partial charge in [-0.3, -0.25) is 0 Å². The fourth-order valence-corrected chi connectivity index (χ4v) is 2.39. The van der Waals surface area contributed by atoms with Gasteiger partial charge in [0.05, 0.1) is 0 Å². The lowest BCUT2D eigenvalue weighted by atomic mass is 9.92. The second-order valence-electron chi connectivity index (χ2n) is 7.18. The average Bonchev–Trinajstić information content (AvgIpc) is 2.36. The second-order valence-corrected chi connectivity index (χ2v) is 7.18. The predicted octanol–water partition coefficient (Wildman–Crippen LogP) is 5.81. The van der Waals surface area contributed by atoms with Crippen molar-refractivity contribution in [2.45, 2.75) is 47.0 Å². The number of hydrogen-bond acceptors (Lipinski definition) is 1. The Balaban J connectivity index is 2.30. The van der Waals surface area contributed by atoms with E-state index in [0.717, 1.165) is 6.54 Å². The van der Waals surface area contributed by atoms with Gasteiger partial charge in [0.25, 0.3) is 0 Å². The zero-order valence-corrected chi connectivity index (χ0v) is 13.5. The minimum absolute atomic E-state index is 0.373. The molecule has 0 atom stereocenters. The van der Waals surface area contributed by atoms with Crippen LogP contribution in [0.3, 0.4) is 0 Å². The third-order valence-corrected chi connectivity index (χ3v) is 3.74. The highest BCUT2D eigenvalue weighted by Gasteiger charge is 2.10. The first-order valence-electron chi connectivity index (χ1n) is 7.63. The molecule has 0 saturated carbocycles. The van der Waals surface area contributed by atoms with Crippen molar-refractivity contribution in [3.63, 3.8) is 0 Å². The molecule has 0 amide bonds. The summed E-state index contributed by atoms with van der Waals surface area (Å²) in [5.74, 6) is 0.558. The zero-order chi connectivity index (χ0) is 14.8. The summed E-state index contributed by atoms with van der Waals surface area (Å²) in [7, 11) is 0. The van der Waals surface area contributed by atoms with Crippen molar-refractivity contribution >= 4 is 16.5 Å². The van der Waals surface area contributed by atoms with Crippen LogP contribution in [0.1, 0.15) is 52.5 Å². The van der Waals surface area contributed by atoms with Gasteiger partial charge >= 0.3 is 0 Å². The van der Waals surface area contributed by atoms with Crippen molar-refractivity contribution in [3.8, 4) is 0 Å². The highest BCUT2D eigenvalue weighted by molar-refractivity contribution is 5.94. The molecule has 0 unspecified atom stereocenters. The van der Waals surface area contributed by atoms with E-state index in [4.69, 9.17) is 0 Å². The summed E-state index contributed by atoms with van der Waals surface area (Å²) in [6, 6.07) is 13.3. The first-order valence-corrected chi connectivity index (χ1v) is 7.63. The third-order valence-electron chi connectivity index (χ3n) is 3.74. The van der Waals surface area contributed by atoms with E-state index < -0.39 is 0 Å². The molecule has 2 aromatic carbocycles. The van der Waals surface area contributed by atoms with Crippen LogP contribution in [0, 0.1) is 5.41 Å². The summed E-state index contributed by atoms with van der Waals surface area (Å²) in [4.78, 5) is 0. The van der Waals surface area contributed by atoms with E-state index in [2.05, 4.69) is 76.3 Å². The summed E-state index contributed by atoms with van der Waals surface area (Å²) in [6.07, 6.45) is 1.17. The van der Waals surface area contributed by atoms with E-state index in [0.29, 0.717) is 11.3 Å². The number of nitrogens with one attached hydrogen (secondary N) is 1.